The summed E-state index contributed by atoms with van der Waals surface area (Å²) in [4.78, 5) is 19.5. The summed E-state index contributed by atoms with van der Waals surface area (Å²) in [5.41, 5.74) is 16.3. The molecule has 0 amide bonds. The summed E-state index contributed by atoms with van der Waals surface area (Å²) < 4.78 is 29.2. The molecule has 5 rings (SSSR count). The Morgan fingerprint density at radius 3 is 2.73 bits per heavy atom. The molecule has 0 radical (unpaired) electrons. The van der Waals surface area contributed by atoms with Gasteiger partial charge in [0.25, 0.3) is 0 Å². The van der Waals surface area contributed by atoms with Gasteiger partial charge in [-0.25, -0.2) is 23.7 Å². The van der Waals surface area contributed by atoms with Gasteiger partial charge in [-0.05, 0) is 49.6 Å². The number of halogens is 2. The molecule has 1 aliphatic rings. The third-order valence-electron chi connectivity index (χ3n) is 6.18. The van der Waals surface area contributed by atoms with Crippen LogP contribution in [0.3, 0.4) is 0 Å². The number of piperidine rings is 1. The molecule has 33 heavy (non-hydrogen) atoms. The molecule has 0 bridgehead atoms. The average Bonchev–Trinajstić information content (AvgIpc) is 3.21. The Kier molecular flexibility index (Phi) is 5.37. The first-order valence-electron chi connectivity index (χ1n) is 10.8. The van der Waals surface area contributed by atoms with E-state index in [0.717, 1.165) is 36.2 Å². The van der Waals surface area contributed by atoms with E-state index in [1.54, 1.807) is 12.5 Å². The van der Waals surface area contributed by atoms with Gasteiger partial charge in [0.1, 0.15) is 11.8 Å². The number of nitrogens with zero attached hydrogens (tertiary/aromatic N) is 6. The van der Waals surface area contributed by atoms with Crippen LogP contribution in [0.15, 0.2) is 43.1 Å². The first-order chi connectivity index (χ1) is 15.9. The number of pyridine rings is 1. The highest BCUT2D eigenvalue weighted by Gasteiger charge is 2.26. The van der Waals surface area contributed by atoms with Gasteiger partial charge in [0.05, 0.1) is 30.5 Å². The predicted molar refractivity (Wildman–Crippen MR) is 122 cm³/mol. The average molecular weight is 450 g/mol. The van der Waals surface area contributed by atoms with E-state index in [2.05, 4.69) is 31.8 Å². The normalized spacial score (nSPS) is 18.7. The third-order valence-corrected chi connectivity index (χ3v) is 6.18. The van der Waals surface area contributed by atoms with Gasteiger partial charge < -0.3 is 20.9 Å². The second-order valence-electron chi connectivity index (χ2n) is 8.47. The lowest BCUT2D eigenvalue weighted by atomic mass is 9.98. The molecule has 1 aromatic carbocycles. The third kappa shape index (κ3) is 3.97. The van der Waals surface area contributed by atoms with Crippen LogP contribution >= 0.6 is 0 Å². The second-order valence-corrected chi connectivity index (χ2v) is 8.47. The number of nitrogen functional groups attached to an aromatic ring is 1. The number of aromatic nitrogens is 5. The summed E-state index contributed by atoms with van der Waals surface area (Å²) in [6.45, 7) is 3.31. The first kappa shape index (κ1) is 21.2. The van der Waals surface area contributed by atoms with Gasteiger partial charge in [-0.3, -0.25) is 4.98 Å². The monoisotopic (exact) mass is 450 g/mol. The maximum absolute atomic E-state index is 13.9. The molecule has 4 N–H and O–H groups in total. The number of hydrogen-bond acceptors (Lipinski definition) is 7. The van der Waals surface area contributed by atoms with Crippen molar-refractivity contribution in [2.45, 2.75) is 38.4 Å². The topological polar surface area (TPSA) is 112 Å². The molecule has 0 saturated carbocycles. The molecule has 0 spiro atoms. The summed E-state index contributed by atoms with van der Waals surface area (Å²) in [7, 11) is 0. The fourth-order valence-electron chi connectivity index (χ4n) is 4.36. The van der Waals surface area contributed by atoms with E-state index in [1.807, 2.05) is 10.6 Å². The SMILES string of the molecule is C[C@H]1CC[C@@H](N)CN1c1cnc(-c2ccc(F)c(F)c2)cc1Cn1cnc2c(N)ncnc21. The number of imidazole rings is 1. The van der Waals surface area contributed by atoms with Gasteiger partial charge in [0.15, 0.2) is 23.1 Å². The van der Waals surface area contributed by atoms with Crippen molar-refractivity contribution < 1.29 is 8.78 Å². The number of anilines is 2. The van der Waals surface area contributed by atoms with E-state index in [1.165, 1.54) is 12.4 Å². The van der Waals surface area contributed by atoms with Crippen LogP contribution in [0.1, 0.15) is 25.3 Å². The van der Waals surface area contributed by atoms with Gasteiger partial charge in [0.2, 0.25) is 0 Å². The van der Waals surface area contributed by atoms with E-state index in [-0.39, 0.29) is 12.1 Å². The second kappa shape index (κ2) is 8.36. The van der Waals surface area contributed by atoms with E-state index < -0.39 is 11.6 Å². The molecule has 1 aliphatic heterocycles. The Hall–Kier alpha value is -3.66. The van der Waals surface area contributed by atoms with E-state index in [0.29, 0.717) is 41.3 Å². The van der Waals surface area contributed by atoms with Crippen molar-refractivity contribution in [2.75, 3.05) is 17.2 Å². The molecule has 0 unspecified atom stereocenters. The highest BCUT2D eigenvalue weighted by atomic mass is 19.2. The van der Waals surface area contributed by atoms with E-state index >= 15 is 0 Å². The standard InChI is InChI=1S/C23H24F2N8/c1-13-2-4-16(26)10-33(13)20-8-28-19(14-3-5-17(24)18(25)6-14)7-15(20)9-32-12-31-21-22(27)29-11-30-23(21)32/h3,5-8,11-13,16H,2,4,9-10,26H2,1H3,(H2,27,29,30)/t13-,16+/m0/s1. The minimum Gasteiger partial charge on any atom is -0.382 e. The van der Waals surface area contributed by atoms with Crippen LogP contribution in [0.4, 0.5) is 20.3 Å². The summed E-state index contributed by atoms with van der Waals surface area (Å²) in [5, 5.41) is 0. The minimum atomic E-state index is -0.914. The lowest BCUT2D eigenvalue weighted by molar-refractivity contribution is 0.435. The summed E-state index contributed by atoms with van der Waals surface area (Å²) in [5.74, 6) is -1.50. The van der Waals surface area contributed by atoms with E-state index in [9.17, 15) is 8.78 Å². The van der Waals surface area contributed by atoms with Crippen LogP contribution < -0.4 is 16.4 Å². The summed E-state index contributed by atoms with van der Waals surface area (Å²) in [6, 6.07) is 6.03. The molecule has 2 atom stereocenters. The van der Waals surface area contributed by atoms with Crippen LogP contribution in [-0.4, -0.2) is 43.1 Å². The van der Waals surface area contributed by atoms with Crippen molar-refractivity contribution in [3.63, 3.8) is 0 Å². The zero-order valence-electron chi connectivity index (χ0n) is 18.1. The molecule has 4 aromatic rings. The molecule has 3 aromatic heterocycles. The predicted octanol–water partition coefficient (Wildman–Crippen LogP) is 3.11. The van der Waals surface area contributed by atoms with Crippen LogP contribution in [0.25, 0.3) is 22.4 Å². The molecule has 4 heterocycles. The van der Waals surface area contributed by atoms with Crippen molar-refractivity contribution >= 4 is 22.7 Å². The van der Waals surface area contributed by atoms with Crippen molar-refractivity contribution in [3.8, 4) is 11.3 Å². The van der Waals surface area contributed by atoms with Crippen LogP contribution in [0.2, 0.25) is 0 Å². The van der Waals surface area contributed by atoms with Gasteiger partial charge in [0, 0.05) is 24.2 Å². The Labute approximate surface area is 189 Å². The Morgan fingerprint density at radius 2 is 1.91 bits per heavy atom. The molecular weight excluding hydrogens is 426 g/mol. The maximum Gasteiger partial charge on any atom is 0.165 e. The highest BCUT2D eigenvalue weighted by Crippen LogP contribution is 2.31. The molecular formula is C23H24F2N8. The number of hydrogen-bond donors (Lipinski definition) is 2. The van der Waals surface area contributed by atoms with Crippen LogP contribution in [0.5, 0.6) is 0 Å². The molecule has 1 fully saturated rings. The van der Waals surface area contributed by atoms with Crippen LogP contribution in [-0.2, 0) is 6.54 Å². The number of benzene rings is 1. The molecule has 1 saturated heterocycles. The minimum absolute atomic E-state index is 0.0709. The Balaban J connectivity index is 1.61. The van der Waals surface area contributed by atoms with Gasteiger partial charge >= 0.3 is 0 Å². The quantitative estimate of drug-likeness (QED) is 0.491. The van der Waals surface area contributed by atoms with Crippen molar-refractivity contribution in [1.82, 2.24) is 24.5 Å². The van der Waals surface area contributed by atoms with Crippen molar-refractivity contribution in [3.05, 3.63) is 60.3 Å². The smallest absolute Gasteiger partial charge is 0.165 e. The highest BCUT2D eigenvalue weighted by molar-refractivity contribution is 5.81. The lowest BCUT2D eigenvalue weighted by Gasteiger charge is -2.39. The molecule has 0 aliphatic carbocycles. The maximum atomic E-state index is 13.9. The van der Waals surface area contributed by atoms with Gasteiger partial charge in [-0.15, -0.1) is 0 Å². The summed E-state index contributed by atoms with van der Waals surface area (Å²) in [6.07, 6.45) is 6.80. The Bertz CT molecular complexity index is 1320. The summed E-state index contributed by atoms with van der Waals surface area (Å²) >= 11 is 0. The molecule has 170 valence electrons. The van der Waals surface area contributed by atoms with Crippen molar-refractivity contribution in [1.29, 1.82) is 0 Å². The largest absolute Gasteiger partial charge is 0.382 e. The Morgan fingerprint density at radius 1 is 1.06 bits per heavy atom. The lowest BCUT2D eigenvalue weighted by Crippen LogP contribution is -2.48. The van der Waals surface area contributed by atoms with Gasteiger partial charge in [-0.2, -0.15) is 0 Å². The first-order valence-corrected chi connectivity index (χ1v) is 10.8. The van der Waals surface area contributed by atoms with E-state index in [4.69, 9.17) is 11.5 Å². The van der Waals surface area contributed by atoms with Crippen LogP contribution in [0, 0.1) is 11.6 Å². The zero-order chi connectivity index (χ0) is 23.1. The fraction of sp³-hybridized carbons (Fsp3) is 0.304. The number of rotatable bonds is 4. The molecule has 10 heteroatoms. The number of nitrogens with two attached hydrogens (primary N) is 2. The molecule has 8 nitrogen and oxygen atoms in total. The number of fused-ring (bicyclic) bond motifs is 1. The van der Waals surface area contributed by atoms with Crippen molar-refractivity contribution in [2.24, 2.45) is 5.73 Å². The zero-order valence-corrected chi connectivity index (χ0v) is 18.1. The van der Waals surface area contributed by atoms with Gasteiger partial charge in [-0.1, -0.05) is 0 Å². The fourth-order valence-corrected chi connectivity index (χ4v) is 4.36.